The van der Waals surface area contributed by atoms with E-state index in [1.54, 1.807) is 30.3 Å². The molecule has 9 heteroatoms. The molecule has 3 aromatic carbocycles. The van der Waals surface area contributed by atoms with E-state index in [4.69, 9.17) is 28.2 Å². The quantitative estimate of drug-likeness (QED) is 0.377. The lowest BCUT2D eigenvalue weighted by atomic mass is 10.00. The van der Waals surface area contributed by atoms with Gasteiger partial charge in [0.1, 0.15) is 12.4 Å². The van der Waals surface area contributed by atoms with Crippen LogP contribution in [0, 0.1) is 0 Å². The molecule has 1 aromatic heterocycles. The summed E-state index contributed by atoms with van der Waals surface area (Å²) < 4.78 is 1.91. The Bertz CT molecular complexity index is 1520. The topological polar surface area (TPSA) is 80.5 Å². The molecule has 3 heterocycles. The minimum Gasteiger partial charge on any atom is -0.281 e. The highest BCUT2D eigenvalue weighted by Gasteiger charge is 2.35. The molecule has 4 aromatic rings. The first-order valence-electron chi connectivity index (χ1n) is 11.0. The maximum Gasteiger partial charge on any atom is 0.261 e. The highest BCUT2D eigenvalue weighted by molar-refractivity contribution is 6.39. The Morgan fingerprint density at radius 2 is 1.43 bits per heavy atom. The average molecular weight is 502 g/mol. The summed E-state index contributed by atoms with van der Waals surface area (Å²) in [5, 5.41) is 9.82. The van der Waals surface area contributed by atoms with Crippen molar-refractivity contribution in [1.29, 1.82) is 0 Å². The van der Waals surface area contributed by atoms with Gasteiger partial charge in [-0.15, -0.1) is 10.2 Å². The zero-order chi connectivity index (χ0) is 24.1. The molecule has 0 fully saturated rings. The third-order valence-corrected chi connectivity index (χ3v) is 6.86. The molecule has 0 spiro atoms. The van der Waals surface area contributed by atoms with Crippen molar-refractivity contribution < 1.29 is 9.59 Å². The zero-order valence-corrected chi connectivity index (χ0v) is 19.8. The molecule has 6 rings (SSSR count). The van der Waals surface area contributed by atoms with Crippen molar-refractivity contribution in [3.63, 3.8) is 0 Å². The second kappa shape index (κ2) is 8.45. The van der Waals surface area contributed by atoms with Gasteiger partial charge in [-0.1, -0.05) is 59.6 Å². The zero-order valence-electron chi connectivity index (χ0n) is 18.3. The smallest absolute Gasteiger partial charge is 0.261 e. The number of carbonyl (C=O) groups is 2. The average Bonchev–Trinajstić information content (AvgIpc) is 3.31. The first-order valence-corrected chi connectivity index (χ1v) is 11.8. The van der Waals surface area contributed by atoms with E-state index in [0.717, 1.165) is 16.8 Å². The minimum atomic E-state index is -0.297. The van der Waals surface area contributed by atoms with Crippen LogP contribution in [0.25, 0.3) is 5.69 Å². The summed E-state index contributed by atoms with van der Waals surface area (Å²) >= 11 is 13.2. The molecule has 7 nitrogen and oxygen atoms in total. The SMILES string of the molecule is O=C1c2ccccc2C(=O)N1CCc1nnc2n1-c1cccc(Cl)c1C(c1ccccc1Cl)=NC2. The molecule has 35 heavy (non-hydrogen) atoms. The molecule has 0 atom stereocenters. The lowest BCUT2D eigenvalue weighted by Crippen LogP contribution is -2.32. The number of aromatic nitrogens is 3. The van der Waals surface area contributed by atoms with Crippen LogP contribution in [0.5, 0.6) is 0 Å². The van der Waals surface area contributed by atoms with E-state index in [9.17, 15) is 9.59 Å². The number of fused-ring (bicyclic) bond motifs is 4. The second-order valence-corrected chi connectivity index (χ2v) is 9.02. The van der Waals surface area contributed by atoms with Gasteiger partial charge in [0, 0.05) is 29.1 Å². The van der Waals surface area contributed by atoms with Gasteiger partial charge in [-0.3, -0.25) is 24.0 Å². The largest absolute Gasteiger partial charge is 0.281 e. The summed E-state index contributed by atoms with van der Waals surface area (Å²) in [7, 11) is 0. The van der Waals surface area contributed by atoms with Crippen LogP contribution in [0.2, 0.25) is 10.0 Å². The van der Waals surface area contributed by atoms with Gasteiger partial charge in [-0.05, 0) is 30.3 Å². The van der Waals surface area contributed by atoms with Gasteiger partial charge >= 0.3 is 0 Å². The van der Waals surface area contributed by atoms with Crippen molar-refractivity contribution in [2.75, 3.05) is 6.54 Å². The van der Waals surface area contributed by atoms with E-state index in [2.05, 4.69) is 10.2 Å². The fourth-order valence-corrected chi connectivity index (χ4v) is 5.07. The lowest BCUT2D eigenvalue weighted by molar-refractivity contribution is 0.0655. The Balaban J connectivity index is 1.38. The van der Waals surface area contributed by atoms with Crippen LogP contribution in [0.3, 0.4) is 0 Å². The Hall–Kier alpha value is -3.81. The second-order valence-electron chi connectivity index (χ2n) is 8.20. The van der Waals surface area contributed by atoms with Crippen molar-refractivity contribution >= 4 is 40.7 Å². The van der Waals surface area contributed by atoms with Gasteiger partial charge in [-0.25, -0.2) is 0 Å². The normalized spacial score (nSPS) is 14.3. The standard InChI is InChI=1S/C26H17Cl2N5O2/c27-18-9-4-3-8-17(18)24-23-19(28)10-5-11-20(23)33-21(30-31-22(33)14-29-24)12-13-32-25(34)15-6-1-2-7-16(15)26(32)35/h1-11H,12-14H2. The summed E-state index contributed by atoms with van der Waals surface area (Å²) in [5.74, 6) is 0.645. The number of rotatable bonds is 4. The Morgan fingerprint density at radius 3 is 2.14 bits per heavy atom. The molecule has 2 aliphatic rings. The van der Waals surface area contributed by atoms with E-state index in [0.29, 0.717) is 45.0 Å². The van der Waals surface area contributed by atoms with Crippen molar-refractivity contribution in [3.8, 4) is 5.69 Å². The van der Waals surface area contributed by atoms with Gasteiger partial charge in [0.05, 0.1) is 27.5 Å². The summed E-state index contributed by atoms with van der Waals surface area (Å²) in [6, 6.07) is 19.9. The van der Waals surface area contributed by atoms with Crippen LogP contribution >= 0.6 is 23.2 Å². The maximum absolute atomic E-state index is 12.8. The van der Waals surface area contributed by atoms with E-state index >= 15 is 0 Å². The molecular weight excluding hydrogens is 485 g/mol. The summed E-state index contributed by atoms with van der Waals surface area (Å²) in [5.41, 5.74) is 3.79. The lowest BCUT2D eigenvalue weighted by Gasteiger charge is -2.17. The number of hydrogen-bond donors (Lipinski definition) is 0. The number of aliphatic imine (C=N–C) groups is 1. The van der Waals surface area contributed by atoms with Crippen LogP contribution in [0.4, 0.5) is 0 Å². The summed E-state index contributed by atoms with van der Waals surface area (Å²) in [6.45, 7) is 0.449. The molecule has 172 valence electrons. The molecule has 2 aliphatic heterocycles. The number of halogens is 2. The number of hydrogen-bond acceptors (Lipinski definition) is 5. The molecule has 0 saturated carbocycles. The van der Waals surface area contributed by atoms with E-state index in [1.165, 1.54) is 4.90 Å². The first-order chi connectivity index (χ1) is 17.0. The fraction of sp³-hybridized carbons (Fsp3) is 0.115. The molecule has 0 N–H and O–H groups in total. The Kier molecular flexibility index (Phi) is 5.24. The third-order valence-electron chi connectivity index (χ3n) is 6.21. The molecule has 0 aliphatic carbocycles. The third kappa shape index (κ3) is 3.47. The van der Waals surface area contributed by atoms with Gasteiger partial charge in [0.2, 0.25) is 0 Å². The van der Waals surface area contributed by atoms with Crippen LogP contribution in [-0.4, -0.2) is 43.7 Å². The number of amides is 2. The van der Waals surface area contributed by atoms with E-state index < -0.39 is 0 Å². The van der Waals surface area contributed by atoms with Crippen LogP contribution < -0.4 is 0 Å². The van der Waals surface area contributed by atoms with Crippen LogP contribution in [-0.2, 0) is 13.0 Å². The number of carbonyl (C=O) groups excluding carboxylic acids is 2. The molecule has 0 bridgehead atoms. The van der Waals surface area contributed by atoms with Gasteiger partial charge in [-0.2, -0.15) is 0 Å². The van der Waals surface area contributed by atoms with Crippen molar-refractivity contribution in [3.05, 3.63) is 111 Å². The maximum atomic E-state index is 12.8. The molecule has 0 unspecified atom stereocenters. The van der Waals surface area contributed by atoms with Crippen molar-refractivity contribution in [2.24, 2.45) is 4.99 Å². The predicted molar refractivity (Wildman–Crippen MR) is 133 cm³/mol. The fourth-order valence-electron chi connectivity index (χ4n) is 4.59. The van der Waals surface area contributed by atoms with Crippen LogP contribution in [0.1, 0.15) is 43.5 Å². The van der Waals surface area contributed by atoms with E-state index in [-0.39, 0.29) is 24.9 Å². The minimum absolute atomic E-state index is 0.179. The molecular formula is C26H17Cl2N5O2. The molecule has 2 amide bonds. The monoisotopic (exact) mass is 501 g/mol. The highest BCUT2D eigenvalue weighted by atomic mass is 35.5. The first kappa shape index (κ1) is 21.7. The highest BCUT2D eigenvalue weighted by Crippen LogP contribution is 2.33. The summed E-state index contributed by atoms with van der Waals surface area (Å²) in [4.78, 5) is 31.7. The Morgan fingerprint density at radius 1 is 0.771 bits per heavy atom. The number of nitrogens with zero attached hydrogens (tertiary/aromatic N) is 5. The van der Waals surface area contributed by atoms with E-state index in [1.807, 2.05) is 41.0 Å². The molecule has 0 saturated heterocycles. The molecule has 0 radical (unpaired) electrons. The van der Waals surface area contributed by atoms with Crippen molar-refractivity contribution in [2.45, 2.75) is 13.0 Å². The van der Waals surface area contributed by atoms with Gasteiger partial charge in [0.25, 0.3) is 11.8 Å². The van der Waals surface area contributed by atoms with Gasteiger partial charge in [0.15, 0.2) is 5.82 Å². The van der Waals surface area contributed by atoms with Crippen molar-refractivity contribution in [1.82, 2.24) is 19.7 Å². The van der Waals surface area contributed by atoms with Crippen LogP contribution in [0.15, 0.2) is 71.7 Å². The Labute approximate surface area is 210 Å². The summed E-state index contributed by atoms with van der Waals surface area (Å²) in [6.07, 6.45) is 0.325. The number of benzene rings is 3. The van der Waals surface area contributed by atoms with Gasteiger partial charge < -0.3 is 0 Å². The predicted octanol–water partition coefficient (Wildman–Crippen LogP) is 4.76. The number of imide groups is 1.